The molecule has 11 heteroatoms. The summed E-state index contributed by atoms with van der Waals surface area (Å²) in [7, 11) is 1.55. The number of amides is 2. The molecule has 1 aromatic heterocycles. The molecule has 2 aliphatic heterocycles. The number of rotatable bonds is 9. The first kappa shape index (κ1) is 30.2. The van der Waals surface area contributed by atoms with Crippen LogP contribution in [0.4, 0.5) is 5.69 Å². The van der Waals surface area contributed by atoms with Crippen molar-refractivity contribution in [2.24, 2.45) is 0 Å². The van der Waals surface area contributed by atoms with E-state index >= 15 is 0 Å². The second-order valence-corrected chi connectivity index (χ2v) is 11.0. The Morgan fingerprint density at radius 3 is 2.38 bits per heavy atom. The molecule has 0 aliphatic carbocycles. The molecule has 3 aromatic carbocycles. The van der Waals surface area contributed by atoms with Crippen LogP contribution in [0.5, 0.6) is 5.75 Å². The monoisotopic (exact) mass is 610 g/mol. The number of piperazine rings is 1. The molecule has 0 saturated carbocycles. The molecule has 4 aromatic rings. The third-order valence-corrected chi connectivity index (χ3v) is 8.15. The van der Waals surface area contributed by atoms with Crippen molar-refractivity contribution in [2.45, 2.75) is 6.54 Å². The van der Waals surface area contributed by atoms with Crippen LogP contribution in [0.1, 0.15) is 16.1 Å². The number of ether oxygens (including phenoxy) is 2. The molecule has 45 heavy (non-hydrogen) atoms. The first-order valence-electron chi connectivity index (χ1n) is 15.3. The van der Waals surface area contributed by atoms with Crippen molar-refractivity contribution in [3.05, 3.63) is 101 Å². The summed E-state index contributed by atoms with van der Waals surface area (Å²) in [6.45, 7) is 5.28. The second kappa shape index (κ2) is 13.8. The van der Waals surface area contributed by atoms with E-state index < -0.39 is 0 Å². The smallest absolute Gasteiger partial charge is 0.334 e. The van der Waals surface area contributed by atoms with E-state index in [4.69, 9.17) is 9.47 Å². The van der Waals surface area contributed by atoms with Gasteiger partial charge >= 0.3 is 5.69 Å². The maximum atomic E-state index is 14.6. The third kappa shape index (κ3) is 6.64. The van der Waals surface area contributed by atoms with Gasteiger partial charge in [-0.2, -0.15) is 0 Å². The van der Waals surface area contributed by atoms with Crippen LogP contribution in [0.25, 0.3) is 16.9 Å². The number of anilines is 1. The lowest BCUT2D eigenvalue weighted by Crippen LogP contribution is -2.47. The summed E-state index contributed by atoms with van der Waals surface area (Å²) in [5, 5.41) is 5.85. The number of likely N-dealkylation sites (N-methyl/N-ethyl adjacent to an activating group) is 1. The van der Waals surface area contributed by atoms with Crippen LogP contribution in [0.3, 0.4) is 0 Å². The van der Waals surface area contributed by atoms with Crippen LogP contribution in [0, 0.1) is 0 Å². The van der Waals surface area contributed by atoms with Gasteiger partial charge < -0.3 is 29.9 Å². The minimum Gasteiger partial charge on any atom is -0.484 e. The summed E-state index contributed by atoms with van der Waals surface area (Å²) in [5.74, 6) is 0.0621. The quantitative estimate of drug-likeness (QED) is 0.300. The van der Waals surface area contributed by atoms with Gasteiger partial charge in [-0.3, -0.25) is 18.7 Å². The predicted molar refractivity (Wildman–Crippen MR) is 172 cm³/mol. The fourth-order valence-electron chi connectivity index (χ4n) is 5.82. The molecule has 0 unspecified atom stereocenters. The van der Waals surface area contributed by atoms with E-state index in [1.54, 1.807) is 28.3 Å². The molecule has 6 rings (SSSR count). The Hall–Kier alpha value is -4.87. The molecular formula is C34H38N6O5. The predicted octanol–water partition coefficient (Wildman–Crippen LogP) is 2.36. The Morgan fingerprint density at radius 2 is 1.62 bits per heavy atom. The Balaban J connectivity index is 1.51. The lowest BCUT2D eigenvalue weighted by molar-refractivity contribution is -0.122. The van der Waals surface area contributed by atoms with Crippen molar-refractivity contribution >= 4 is 17.5 Å². The summed E-state index contributed by atoms with van der Waals surface area (Å²) in [4.78, 5) is 44.9. The Labute approximate surface area is 262 Å². The normalized spacial score (nSPS) is 15.1. The van der Waals surface area contributed by atoms with E-state index in [1.165, 1.54) is 0 Å². The van der Waals surface area contributed by atoms with E-state index in [0.717, 1.165) is 29.9 Å². The van der Waals surface area contributed by atoms with E-state index in [2.05, 4.69) is 15.5 Å². The minimum absolute atomic E-state index is 0.124. The van der Waals surface area contributed by atoms with Gasteiger partial charge in [0, 0.05) is 57.6 Å². The zero-order valence-corrected chi connectivity index (χ0v) is 25.4. The molecule has 0 radical (unpaired) electrons. The van der Waals surface area contributed by atoms with Crippen LogP contribution in [0.2, 0.25) is 0 Å². The second-order valence-electron chi connectivity index (χ2n) is 11.0. The van der Waals surface area contributed by atoms with Gasteiger partial charge in [0.2, 0.25) is 0 Å². The third-order valence-electron chi connectivity index (χ3n) is 8.15. The molecule has 0 bridgehead atoms. The van der Waals surface area contributed by atoms with Gasteiger partial charge in [-0.25, -0.2) is 4.79 Å². The van der Waals surface area contributed by atoms with E-state index in [1.807, 2.05) is 71.6 Å². The zero-order chi connectivity index (χ0) is 31.2. The highest BCUT2D eigenvalue weighted by molar-refractivity contribution is 5.99. The average molecular weight is 611 g/mol. The molecule has 0 spiro atoms. The highest BCUT2D eigenvalue weighted by Crippen LogP contribution is 2.30. The maximum Gasteiger partial charge on any atom is 0.334 e. The summed E-state index contributed by atoms with van der Waals surface area (Å²) in [6, 6.07) is 24.8. The van der Waals surface area contributed by atoms with E-state index in [-0.39, 0.29) is 30.7 Å². The lowest BCUT2D eigenvalue weighted by Gasteiger charge is -2.29. The molecule has 2 saturated heterocycles. The topological polar surface area (TPSA) is 110 Å². The number of morpholine rings is 1. The largest absolute Gasteiger partial charge is 0.484 e. The Kier molecular flexibility index (Phi) is 9.27. The van der Waals surface area contributed by atoms with Crippen molar-refractivity contribution in [1.29, 1.82) is 0 Å². The van der Waals surface area contributed by atoms with Crippen molar-refractivity contribution in [3.63, 3.8) is 0 Å². The molecule has 2 aliphatic rings. The van der Waals surface area contributed by atoms with Gasteiger partial charge in [-0.15, -0.1) is 0 Å². The Bertz CT molecular complexity index is 1700. The number of imidazole rings is 1. The zero-order valence-electron chi connectivity index (χ0n) is 25.4. The van der Waals surface area contributed by atoms with Gasteiger partial charge in [0.15, 0.2) is 6.61 Å². The van der Waals surface area contributed by atoms with Crippen LogP contribution in [0.15, 0.2) is 83.7 Å². The van der Waals surface area contributed by atoms with Gasteiger partial charge in [0.05, 0.1) is 31.1 Å². The highest BCUT2D eigenvalue weighted by atomic mass is 16.5. The van der Waals surface area contributed by atoms with E-state index in [0.29, 0.717) is 62.2 Å². The number of carbonyl (C=O) groups excluding carboxylic acids is 2. The number of nitrogens with one attached hydrogen (secondary N) is 2. The van der Waals surface area contributed by atoms with Crippen LogP contribution < -0.4 is 26.0 Å². The maximum absolute atomic E-state index is 14.6. The van der Waals surface area contributed by atoms with Crippen LogP contribution >= 0.6 is 0 Å². The fraction of sp³-hybridized carbons (Fsp3) is 0.324. The lowest BCUT2D eigenvalue weighted by atomic mass is 10.1. The highest BCUT2D eigenvalue weighted by Gasteiger charge is 2.31. The van der Waals surface area contributed by atoms with Gasteiger partial charge in [-0.05, 0) is 35.9 Å². The van der Waals surface area contributed by atoms with Crippen LogP contribution in [-0.2, 0) is 16.1 Å². The van der Waals surface area contributed by atoms with Gasteiger partial charge in [0.1, 0.15) is 11.4 Å². The SMILES string of the molecule is CNC(=O)COc1cccc(Cn2c(C(=O)N3CCNCC3)c(-c3ccccc3)n(-c3cccc(N4CCOCC4)c3)c2=O)c1. The first-order valence-corrected chi connectivity index (χ1v) is 15.3. The number of benzene rings is 3. The summed E-state index contributed by atoms with van der Waals surface area (Å²) < 4.78 is 14.5. The number of carbonyl (C=O) groups is 2. The first-order chi connectivity index (χ1) is 22.0. The molecular weight excluding hydrogens is 572 g/mol. The molecule has 2 fully saturated rings. The van der Waals surface area contributed by atoms with Gasteiger partial charge in [0.25, 0.3) is 11.8 Å². The number of hydrogen-bond donors (Lipinski definition) is 2. The van der Waals surface area contributed by atoms with Crippen molar-refractivity contribution < 1.29 is 19.1 Å². The number of aromatic nitrogens is 2. The molecule has 3 heterocycles. The van der Waals surface area contributed by atoms with Gasteiger partial charge in [-0.1, -0.05) is 48.5 Å². The summed E-state index contributed by atoms with van der Waals surface area (Å²) >= 11 is 0. The molecule has 234 valence electrons. The fourth-order valence-corrected chi connectivity index (χ4v) is 5.82. The number of hydrogen-bond acceptors (Lipinski definition) is 7. The number of nitrogens with zero attached hydrogens (tertiary/aromatic N) is 4. The summed E-state index contributed by atoms with van der Waals surface area (Å²) in [6.07, 6.45) is 0. The molecule has 0 atom stereocenters. The molecule has 11 nitrogen and oxygen atoms in total. The Morgan fingerprint density at radius 1 is 0.889 bits per heavy atom. The molecule has 2 N–H and O–H groups in total. The van der Waals surface area contributed by atoms with E-state index in [9.17, 15) is 14.4 Å². The summed E-state index contributed by atoms with van der Waals surface area (Å²) in [5.41, 5.74) is 3.77. The minimum atomic E-state index is -0.317. The van der Waals surface area contributed by atoms with Crippen molar-refractivity contribution in [1.82, 2.24) is 24.7 Å². The van der Waals surface area contributed by atoms with Crippen LogP contribution in [-0.4, -0.2) is 92.0 Å². The standard InChI is InChI=1S/C34H38N6O5/c1-35-30(41)24-45-29-12-5-7-25(21-29)23-39-32(33(42)38-15-13-36-14-16-38)31(26-8-3-2-4-9-26)40(34(39)43)28-11-6-10-27(22-28)37-17-19-44-20-18-37/h2-12,21-22,36H,13-20,23-24H2,1H3,(H,35,41). The van der Waals surface area contributed by atoms with Crippen molar-refractivity contribution in [3.8, 4) is 22.7 Å². The van der Waals surface area contributed by atoms with Crippen molar-refractivity contribution in [2.75, 3.05) is 71.0 Å². The average Bonchev–Trinajstić information content (AvgIpc) is 3.39. The molecule has 2 amide bonds.